The molecule has 0 amide bonds. The highest BCUT2D eigenvalue weighted by Crippen LogP contribution is 2.11. The zero-order valence-corrected chi connectivity index (χ0v) is 8.82. The average Bonchev–Trinajstić information content (AvgIpc) is 2.04. The Morgan fingerprint density at radius 1 is 1.54 bits per heavy atom. The van der Waals surface area contributed by atoms with Crippen LogP contribution in [0.1, 0.15) is 20.3 Å². The third-order valence-electron chi connectivity index (χ3n) is 2.16. The van der Waals surface area contributed by atoms with E-state index in [1.54, 1.807) is 0 Å². The minimum absolute atomic E-state index is 0.00954. The normalized spacial score (nSPS) is 26.5. The standard InChI is InChI=1S/C8H18BNO3/c1-7-5-6-11-9(12-7)13-8(2)10(3)4/h7-8H,5-6H2,1-4H3/t7?,8-/m0/s1. The Morgan fingerprint density at radius 3 is 2.77 bits per heavy atom. The molecule has 1 saturated heterocycles. The van der Waals surface area contributed by atoms with E-state index in [2.05, 4.69) is 0 Å². The van der Waals surface area contributed by atoms with Gasteiger partial charge in [-0.15, -0.1) is 0 Å². The van der Waals surface area contributed by atoms with Gasteiger partial charge in [-0.05, 0) is 34.4 Å². The fourth-order valence-electron chi connectivity index (χ4n) is 0.981. The molecule has 0 spiro atoms. The molecule has 0 aliphatic carbocycles. The molecule has 0 N–H and O–H groups in total. The van der Waals surface area contributed by atoms with E-state index in [9.17, 15) is 0 Å². The van der Waals surface area contributed by atoms with Crippen LogP contribution in [0.3, 0.4) is 0 Å². The van der Waals surface area contributed by atoms with E-state index < -0.39 is 7.32 Å². The highest BCUT2D eigenvalue weighted by molar-refractivity contribution is 6.36. The molecule has 13 heavy (non-hydrogen) atoms. The predicted molar refractivity (Wildman–Crippen MR) is 51.1 cm³/mol. The van der Waals surface area contributed by atoms with Gasteiger partial charge >= 0.3 is 7.32 Å². The molecular formula is C8H18BNO3. The van der Waals surface area contributed by atoms with Gasteiger partial charge in [0.15, 0.2) is 0 Å². The van der Waals surface area contributed by atoms with Crippen molar-refractivity contribution in [2.24, 2.45) is 0 Å². The van der Waals surface area contributed by atoms with Crippen molar-refractivity contribution in [2.45, 2.75) is 32.6 Å². The maximum atomic E-state index is 5.50. The van der Waals surface area contributed by atoms with Crippen LogP contribution in [0.5, 0.6) is 0 Å². The smallest absolute Gasteiger partial charge is 0.386 e. The summed E-state index contributed by atoms with van der Waals surface area (Å²) in [6.45, 7) is 4.71. The second-order valence-electron chi connectivity index (χ2n) is 3.59. The van der Waals surface area contributed by atoms with Crippen molar-refractivity contribution in [3.63, 3.8) is 0 Å². The van der Waals surface area contributed by atoms with Gasteiger partial charge < -0.3 is 14.0 Å². The molecule has 0 aromatic rings. The summed E-state index contributed by atoms with van der Waals surface area (Å²) in [4.78, 5) is 1.96. The molecule has 1 heterocycles. The lowest BCUT2D eigenvalue weighted by Crippen LogP contribution is -2.42. The van der Waals surface area contributed by atoms with Crippen LogP contribution in [0.15, 0.2) is 0 Å². The first-order chi connectivity index (χ1) is 6.09. The van der Waals surface area contributed by atoms with Gasteiger partial charge in [-0.2, -0.15) is 0 Å². The zero-order chi connectivity index (χ0) is 9.84. The van der Waals surface area contributed by atoms with Crippen LogP contribution in [0.4, 0.5) is 0 Å². The van der Waals surface area contributed by atoms with Crippen LogP contribution in [-0.2, 0) is 14.0 Å². The maximum Gasteiger partial charge on any atom is 0.640 e. The molecule has 0 radical (unpaired) electrons. The summed E-state index contributed by atoms with van der Waals surface area (Å²) in [7, 11) is 3.41. The van der Waals surface area contributed by atoms with Crippen LogP contribution >= 0.6 is 0 Å². The third kappa shape index (κ3) is 3.64. The van der Waals surface area contributed by atoms with Crippen LogP contribution < -0.4 is 0 Å². The molecule has 1 rings (SSSR count). The van der Waals surface area contributed by atoms with E-state index in [0.717, 1.165) is 6.42 Å². The number of hydrogen-bond acceptors (Lipinski definition) is 4. The summed E-state index contributed by atoms with van der Waals surface area (Å²) in [6.07, 6.45) is 1.18. The molecule has 5 heteroatoms. The van der Waals surface area contributed by atoms with Crippen molar-refractivity contribution in [3.05, 3.63) is 0 Å². The lowest BCUT2D eigenvalue weighted by atomic mass is 10.1. The van der Waals surface area contributed by atoms with Crippen LogP contribution in [0, 0.1) is 0 Å². The molecule has 0 bridgehead atoms. The second kappa shape index (κ2) is 4.95. The van der Waals surface area contributed by atoms with Crippen molar-refractivity contribution in [1.82, 2.24) is 4.90 Å². The minimum atomic E-state index is -0.499. The topological polar surface area (TPSA) is 30.9 Å². The Kier molecular flexibility index (Phi) is 4.19. The van der Waals surface area contributed by atoms with Crippen molar-refractivity contribution in [3.8, 4) is 0 Å². The number of hydrogen-bond donors (Lipinski definition) is 0. The van der Waals surface area contributed by atoms with Crippen molar-refractivity contribution in [1.29, 1.82) is 0 Å². The molecule has 1 unspecified atom stereocenters. The summed E-state index contributed by atoms with van der Waals surface area (Å²) in [5, 5.41) is 0. The van der Waals surface area contributed by atoms with E-state index in [1.807, 2.05) is 32.8 Å². The van der Waals surface area contributed by atoms with E-state index in [0.29, 0.717) is 6.61 Å². The van der Waals surface area contributed by atoms with Crippen molar-refractivity contribution < 1.29 is 14.0 Å². The fourth-order valence-corrected chi connectivity index (χ4v) is 0.981. The summed E-state index contributed by atoms with van der Waals surface area (Å²) >= 11 is 0. The summed E-state index contributed by atoms with van der Waals surface area (Å²) < 4.78 is 16.2. The highest BCUT2D eigenvalue weighted by atomic mass is 16.7. The molecule has 2 atom stereocenters. The molecule has 76 valence electrons. The molecule has 1 fully saturated rings. The van der Waals surface area contributed by atoms with Gasteiger partial charge in [0.1, 0.15) is 0 Å². The van der Waals surface area contributed by atoms with E-state index in [4.69, 9.17) is 14.0 Å². The highest BCUT2D eigenvalue weighted by Gasteiger charge is 2.30. The van der Waals surface area contributed by atoms with Gasteiger partial charge in [0.2, 0.25) is 0 Å². The van der Waals surface area contributed by atoms with Gasteiger partial charge in [-0.3, -0.25) is 4.90 Å². The summed E-state index contributed by atoms with van der Waals surface area (Å²) in [5.74, 6) is 0. The van der Waals surface area contributed by atoms with Gasteiger partial charge in [-0.1, -0.05) is 0 Å². The van der Waals surface area contributed by atoms with Gasteiger partial charge in [0.05, 0.1) is 6.23 Å². The average molecular weight is 187 g/mol. The first kappa shape index (κ1) is 11.0. The summed E-state index contributed by atoms with van der Waals surface area (Å²) in [6, 6.07) is 0. The van der Waals surface area contributed by atoms with Gasteiger partial charge in [-0.25, -0.2) is 0 Å². The van der Waals surface area contributed by atoms with Crippen molar-refractivity contribution >= 4 is 7.32 Å². The quantitative estimate of drug-likeness (QED) is 0.481. The second-order valence-corrected chi connectivity index (χ2v) is 3.59. The molecular weight excluding hydrogens is 169 g/mol. The number of nitrogens with zero attached hydrogens (tertiary/aromatic N) is 1. The first-order valence-corrected chi connectivity index (χ1v) is 4.68. The van der Waals surface area contributed by atoms with Crippen LogP contribution in [0.2, 0.25) is 0 Å². The third-order valence-corrected chi connectivity index (χ3v) is 2.16. The molecule has 0 aromatic carbocycles. The lowest BCUT2D eigenvalue weighted by Gasteiger charge is -2.28. The Balaban J connectivity index is 2.27. The van der Waals surface area contributed by atoms with Gasteiger partial charge in [0, 0.05) is 12.7 Å². The van der Waals surface area contributed by atoms with Crippen LogP contribution in [0.25, 0.3) is 0 Å². The monoisotopic (exact) mass is 187 g/mol. The van der Waals surface area contributed by atoms with Crippen LogP contribution in [-0.4, -0.2) is 45.3 Å². The Bertz CT molecular complexity index is 156. The maximum absolute atomic E-state index is 5.50. The first-order valence-electron chi connectivity index (χ1n) is 4.68. The largest absolute Gasteiger partial charge is 0.640 e. The Labute approximate surface area is 80.3 Å². The minimum Gasteiger partial charge on any atom is -0.386 e. The van der Waals surface area contributed by atoms with E-state index in [-0.39, 0.29) is 12.3 Å². The van der Waals surface area contributed by atoms with Gasteiger partial charge in [0.25, 0.3) is 0 Å². The van der Waals surface area contributed by atoms with Crippen molar-refractivity contribution in [2.75, 3.05) is 20.7 Å². The SMILES string of the molecule is CC1CCOB(O[C@@H](C)N(C)C)O1. The zero-order valence-electron chi connectivity index (χ0n) is 8.82. The molecule has 0 aromatic heterocycles. The van der Waals surface area contributed by atoms with E-state index in [1.165, 1.54) is 0 Å². The molecule has 4 nitrogen and oxygen atoms in total. The molecule has 1 aliphatic rings. The Hall–Kier alpha value is -0.0951. The summed E-state index contributed by atoms with van der Waals surface area (Å²) in [5.41, 5.74) is 0. The fraction of sp³-hybridized carbons (Fsp3) is 1.00. The lowest BCUT2D eigenvalue weighted by molar-refractivity contribution is -0.0341. The Morgan fingerprint density at radius 2 is 2.23 bits per heavy atom. The molecule has 1 aliphatic heterocycles. The number of rotatable bonds is 3. The predicted octanol–water partition coefficient (Wildman–Crippen LogP) is 0.721. The molecule has 0 saturated carbocycles. The van der Waals surface area contributed by atoms with E-state index >= 15 is 0 Å².